The first kappa shape index (κ1) is 24.0. The van der Waals surface area contributed by atoms with Crippen molar-refractivity contribution >= 4 is 22.5 Å². The van der Waals surface area contributed by atoms with Gasteiger partial charge in [0.25, 0.3) is 5.92 Å². The van der Waals surface area contributed by atoms with Crippen molar-refractivity contribution < 1.29 is 22.4 Å². The van der Waals surface area contributed by atoms with Crippen molar-refractivity contribution in [3.63, 3.8) is 0 Å². The lowest BCUT2D eigenvalue weighted by molar-refractivity contribution is -0.117. The Balaban J connectivity index is 1.47. The zero-order valence-electron chi connectivity index (χ0n) is 19.5. The number of rotatable bonds is 7. The minimum absolute atomic E-state index is 0.0278. The minimum Gasteiger partial charge on any atom is -0.305 e. The van der Waals surface area contributed by atoms with E-state index >= 15 is 0 Å². The summed E-state index contributed by atoms with van der Waals surface area (Å²) in [5, 5.41) is 8.07. The second-order valence-electron chi connectivity index (χ2n) is 9.19. The summed E-state index contributed by atoms with van der Waals surface area (Å²) in [4.78, 5) is 14.7. The summed E-state index contributed by atoms with van der Waals surface area (Å²) in [6.45, 7) is 0.686. The maximum atomic E-state index is 13.6. The van der Waals surface area contributed by atoms with Gasteiger partial charge in [-0.15, -0.1) is 0 Å². The van der Waals surface area contributed by atoms with E-state index in [1.165, 1.54) is 24.3 Å². The zero-order valence-corrected chi connectivity index (χ0v) is 19.5. The van der Waals surface area contributed by atoms with Crippen LogP contribution in [0.15, 0.2) is 72.9 Å². The van der Waals surface area contributed by atoms with Crippen molar-refractivity contribution in [2.75, 3.05) is 11.4 Å². The fourth-order valence-electron chi connectivity index (χ4n) is 4.69. The number of hydrogen-bond acceptors (Lipinski definition) is 3. The molecule has 0 bridgehead atoms. The average molecular weight is 497 g/mol. The number of halogens is 4. The van der Waals surface area contributed by atoms with Gasteiger partial charge in [-0.3, -0.25) is 9.48 Å². The van der Waals surface area contributed by atoms with E-state index in [9.17, 15) is 22.4 Å². The first-order chi connectivity index (χ1) is 17.2. The monoisotopic (exact) mass is 496 g/mol. The second kappa shape index (κ2) is 9.39. The number of fused-ring (bicyclic) bond motifs is 1. The van der Waals surface area contributed by atoms with Crippen LogP contribution in [0.3, 0.4) is 0 Å². The molecule has 3 aromatic carbocycles. The number of nitrogens with zero attached hydrogens (tertiary/aromatic N) is 3. The molecule has 2 heterocycles. The molecule has 0 radical (unpaired) electrons. The van der Waals surface area contributed by atoms with Crippen molar-refractivity contribution in [2.45, 2.75) is 37.9 Å². The number of carbonyl (C=O) groups is 1. The Bertz CT molecular complexity index is 1380. The summed E-state index contributed by atoms with van der Waals surface area (Å²) >= 11 is 0. The maximum Gasteiger partial charge on any atom is 0.257 e. The van der Waals surface area contributed by atoms with Crippen molar-refractivity contribution in [2.24, 2.45) is 0 Å². The van der Waals surface area contributed by atoms with Crippen molar-refractivity contribution in [1.29, 1.82) is 0 Å². The predicted molar refractivity (Wildman–Crippen MR) is 129 cm³/mol. The first-order valence-electron chi connectivity index (χ1n) is 11.6. The standard InChI is InChI=1S/C27H24F4N4O/c1-27(30,31)16-32-23-13-25(36)35(26(23)18-4-8-21(29)9-5-18)22-10-11-24-19(12-22)14-33-34(24)15-17-2-6-20(28)7-3-17/h2-12,14,23,26,32H,13,15-16H2,1H3/t23-,26+/m1/s1. The smallest absolute Gasteiger partial charge is 0.257 e. The molecule has 0 aliphatic carbocycles. The second-order valence-corrected chi connectivity index (χ2v) is 9.19. The van der Waals surface area contributed by atoms with Crippen LogP contribution in [-0.4, -0.2) is 34.2 Å². The Morgan fingerprint density at radius 1 is 1.00 bits per heavy atom. The van der Waals surface area contributed by atoms with Gasteiger partial charge >= 0.3 is 0 Å². The van der Waals surface area contributed by atoms with Gasteiger partial charge in [0.2, 0.25) is 5.91 Å². The normalized spacial score (nSPS) is 18.4. The highest BCUT2D eigenvalue weighted by Crippen LogP contribution is 2.39. The van der Waals surface area contributed by atoms with Crippen LogP contribution < -0.4 is 10.2 Å². The van der Waals surface area contributed by atoms with Gasteiger partial charge in [-0.05, 0) is 53.6 Å². The highest BCUT2D eigenvalue weighted by Gasteiger charge is 2.42. The zero-order chi connectivity index (χ0) is 25.4. The van der Waals surface area contributed by atoms with E-state index in [0.29, 0.717) is 17.8 Å². The van der Waals surface area contributed by atoms with Crippen LogP contribution in [-0.2, 0) is 11.3 Å². The predicted octanol–water partition coefficient (Wildman–Crippen LogP) is 5.45. The first-order valence-corrected chi connectivity index (χ1v) is 11.6. The van der Waals surface area contributed by atoms with Gasteiger partial charge < -0.3 is 10.2 Å². The summed E-state index contributed by atoms with van der Waals surface area (Å²) in [5.41, 5.74) is 2.95. The van der Waals surface area contributed by atoms with E-state index in [-0.39, 0.29) is 18.1 Å². The van der Waals surface area contributed by atoms with Gasteiger partial charge in [-0.1, -0.05) is 24.3 Å². The number of nitrogens with one attached hydrogen (secondary N) is 1. The molecule has 0 spiro atoms. The molecular formula is C27H24F4N4O. The van der Waals surface area contributed by atoms with Gasteiger partial charge in [-0.25, -0.2) is 17.6 Å². The number of aromatic nitrogens is 2. The molecule has 1 aliphatic rings. The molecule has 4 aromatic rings. The fourth-order valence-corrected chi connectivity index (χ4v) is 4.69. The summed E-state index contributed by atoms with van der Waals surface area (Å²) in [5.74, 6) is -3.90. The lowest BCUT2D eigenvalue weighted by Crippen LogP contribution is -2.41. The molecule has 1 aliphatic heterocycles. The van der Waals surface area contributed by atoms with E-state index in [0.717, 1.165) is 23.4 Å². The highest BCUT2D eigenvalue weighted by atomic mass is 19.3. The number of hydrogen-bond donors (Lipinski definition) is 1. The third kappa shape index (κ3) is 4.97. The largest absolute Gasteiger partial charge is 0.305 e. The SMILES string of the molecule is CC(F)(F)CN[C@@H]1CC(=O)N(c2ccc3c(cnn3Cc3ccc(F)cc3)c2)[C@H]1c1ccc(F)cc1. The molecule has 1 saturated heterocycles. The molecule has 1 N–H and O–H groups in total. The van der Waals surface area contributed by atoms with E-state index in [1.54, 1.807) is 46.1 Å². The van der Waals surface area contributed by atoms with Crippen LogP contribution in [0.1, 0.15) is 30.5 Å². The summed E-state index contributed by atoms with van der Waals surface area (Å²) in [6, 6.07) is 16.2. The summed E-state index contributed by atoms with van der Waals surface area (Å²) in [6.07, 6.45) is 1.71. The molecule has 36 heavy (non-hydrogen) atoms. The third-order valence-electron chi connectivity index (χ3n) is 6.36. The van der Waals surface area contributed by atoms with Gasteiger partial charge in [0.15, 0.2) is 0 Å². The molecule has 5 rings (SSSR count). The number of amides is 1. The molecule has 5 nitrogen and oxygen atoms in total. The molecule has 186 valence electrons. The highest BCUT2D eigenvalue weighted by molar-refractivity contribution is 5.99. The van der Waals surface area contributed by atoms with Crippen LogP contribution in [0.2, 0.25) is 0 Å². The van der Waals surface area contributed by atoms with E-state index in [1.807, 2.05) is 12.1 Å². The number of anilines is 1. The van der Waals surface area contributed by atoms with Crippen LogP contribution in [0.4, 0.5) is 23.2 Å². The minimum atomic E-state index is -2.94. The van der Waals surface area contributed by atoms with Crippen molar-refractivity contribution in [3.05, 3.63) is 95.7 Å². The Morgan fingerprint density at radius 3 is 2.33 bits per heavy atom. The van der Waals surface area contributed by atoms with Crippen LogP contribution >= 0.6 is 0 Å². The molecule has 0 unspecified atom stereocenters. The Labute approximate surface area is 205 Å². The van der Waals surface area contributed by atoms with Crippen LogP contribution in [0.5, 0.6) is 0 Å². The third-order valence-corrected chi connectivity index (χ3v) is 6.36. The molecule has 0 saturated carbocycles. The number of alkyl halides is 2. The molecule has 9 heteroatoms. The lowest BCUT2D eigenvalue weighted by atomic mass is 9.99. The van der Waals surface area contributed by atoms with E-state index in [4.69, 9.17) is 0 Å². The average Bonchev–Trinajstić information content (AvgIpc) is 3.39. The van der Waals surface area contributed by atoms with Crippen LogP contribution in [0, 0.1) is 11.6 Å². The molecular weight excluding hydrogens is 472 g/mol. The number of benzene rings is 3. The van der Waals surface area contributed by atoms with E-state index < -0.39 is 30.4 Å². The fraction of sp³-hybridized carbons (Fsp3) is 0.259. The molecule has 1 aromatic heterocycles. The summed E-state index contributed by atoms with van der Waals surface area (Å²) < 4.78 is 55.8. The Morgan fingerprint density at radius 2 is 1.67 bits per heavy atom. The molecule has 2 atom stereocenters. The van der Waals surface area contributed by atoms with Gasteiger partial charge in [0, 0.05) is 30.5 Å². The molecule has 1 fully saturated rings. The quantitative estimate of drug-likeness (QED) is 0.346. The Kier molecular flexibility index (Phi) is 6.26. The number of carbonyl (C=O) groups excluding carboxylic acids is 1. The summed E-state index contributed by atoms with van der Waals surface area (Å²) in [7, 11) is 0. The van der Waals surface area contributed by atoms with Crippen molar-refractivity contribution in [3.8, 4) is 0 Å². The van der Waals surface area contributed by atoms with Crippen LogP contribution in [0.25, 0.3) is 10.9 Å². The van der Waals surface area contributed by atoms with Gasteiger partial charge in [0.05, 0.1) is 30.8 Å². The topological polar surface area (TPSA) is 50.2 Å². The lowest BCUT2D eigenvalue weighted by Gasteiger charge is -2.30. The van der Waals surface area contributed by atoms with Gasteiger partial charge in [-0.2, -0.15) is 5.10 Å². The molecule has 1 amide bonds. The Hall–Kier alpha value is -3.72. The van der Waals surface area contributed by atoms with Gasteiger partial charge in [0.1, 0.15) is 11.6 Å². The van der Waals surface area contributed by atoms with E-state index in [2.05, 4.69) is 10.4 Å². The van der Waals surface area contributed by atoms with Crippen molar-refractivity contribution in [1.82, 2.24) is 15.1 Å². The maximum absolute atomic E-state index is 13.6.